The van der Waals surface area contributed by atoms with Gasteiger partial charge in [0.15, 0.2) is 5.78 Å². The van der Waals surface area contributed by atoms with E-state index in [-0.39, 0.29) is 0 Å². The second-order valence-electron chi connectivity index (χ2n) is 7.44. The maximum absolute atomic E-state index is 12.8. The molecule has 20 heavy (non-hydrogen) atoms. The molecule has 0 amide bonds. The van der Waals surface area contributed by atoms with Crippen LogP contribution in [0.3, 0.4) is 0 Å². The van der Waals surface area contributed by atoms with Crippen LogP contribution in [0, 0.1) is 17.8 Å². The Morgan fingerprint density at radius 1 is 1.00 bits per heavy atom. The fourth-order valence-corrected chi connectivity index (χ4v) is 3.79. The molecule has 0 saturated heterocycles. The third kappa shape index (κ3) is 2.43. The maximum Gasteiger partial charge on any atom is 0.166 e. The first-order valence-corrected chi connectivity index (χ1v) is 8.15. The summed E-state index contributed by atoms with van der Waals surface area (Å²) in [5, 5.41) is 0. The highest BCUT2D eigenvalue weighted by atomic mass is 16.1. The van der Waals surface area contributed by atoms with E-state index >= 15 is 0 Å². The fraction of sp³-hybridized carbons (Fsp3) is 0.632. The molecule has 0 heterocycles. The molecule has 3 rings (SSSR count). The van der Waals surface area contributed by atoms with Crippen molar-refractivity contribution < 1.29 is 4.79 Å². The second kappa shape index (κ2) is 5.02. The Hall–Kier alpha value is -1.11. The zero-order valence-electron chi connectivity index (χ0n) is 13.1. The van der Waals surface area contributed by atoms with Gasteiger partial charge in [-0.15, -0.1) is 0 Å². The molecule has 0 spiro atoms. The summed E-state index contributed by atoms with van der Waals surface area (Å²) in [7, 11) is 0. The summed E-state index contributed by atoms with van der Waals surface area (Å²) in [6, 6.07) is 6.51. The molecule has 1 aromatic rings. The van der Waals surface area contributed by atoms with E-state index in [1.54, 1.807) is 0 Å². The summed E-state index contributed by atoms with van der Waals surface area (Å²) >= 11 is 0. The summed E-state index contributed by atoms with van der Waals surface area (Å²) in [5.74, 6) is 3.42. The molecule has 2 atom stereocenters. The standard InChI is InChI=1S/C19H26O/c1-11(2)13-5-6-17(18(10-13)12(3)4)19(20)16-8-14-7-15(14)9-16/h5-6,10-12,14-16H,7-9H2,1-4H3. The maximum atomic E-state index is 12.8. The molecule has 1 nitrogen and oxygen atoms in total. The van der Waals surface area contributed by atoms with E-state index in [1.807, 2.05) is 0 Å². The Bertz CT molecular complexity index is 517. The predicted octanol–water partition coefficient (Wildman–Crippen LogP) is 5.16. The number of ketones is 1. The number of carbonyl (C=O) groups excluding carboxylic acids is 1. The fourth-order valence-electron chi connectivity index (χ4n) is 3.79. The van der Waals surface area contributed by atoms with E-state index in [0.717, 1.165) is 30.2 Å². The van der Waals surface area contributed by atoms with Gasteiger partial charge >= 0.3 is 0 Å². The molecule has 2 aliphatic rings. The van der Waals surface area contributed by atoms with Gasteiger partial charge in [-0.25, -0.2) is 0 Å². The van der Waals surface area contributed by atoms with E-state index < -0.39 is 0 Å². The topological polar surface area (TPSA) is 17.1 Å². The average molecular weight is 270 g/mol. The lowest BCUT2D eigenvalue weighted by atomic mass is 9.85. The van der Waals surface area contributed by atoms with Crippen molar-refractivity contribution >= 4 is 5.78 Å². The first kappa shape index (κ1) is 13.9. The predicted molar refractivity (Wildman–Crippen MR) is 83.3 cm³/mol. The smallest absolute Gasteiger partial charge is 0.166 e. The first-order chi connectivity index (χ1) is 9.47. The van der Waals surface area contributed by atoms with E-state index in [2.05, 4.69) is 45.9 Å². The minimum atomic E-state index is 0.307. The molecular weight excluding hydrogens is 244 g/mol. The van der Waals surface area contributed by atoms with Crippen molar-refractivity contribution in [3.05, 3.63) is 34.9 Å². The summed E-state index contributed by atoms with van der Waals surface area (Å²) in [6.45, 7) is 8.82. The zero-order valence-corrected chi connectivity index (χ0v) is 13.1. The Morgan fingerprint density at radius 3 is 2.20 bits per heavy atom. The highest BCUT2D eigenvalue weighted by molar-refractivity contribution is 5.99. The molecule has 1 heteroatoms. The number of benzene rings is 1. The number of carbonyl (C=O) groups is 1. The molecule has 1 aromatic carbocycles. The molecule has 0 radical (unpaired) electrons. The highest BCUT2D eigenvalue weighted by Gasteiger charge is 2.48. The van der Waals surface area contributed by atoms with Crippen LogP contribution in [0.15, 0.2) is 18.2 Å². The molecule has 2 fully saturated rings. The molecule has 0 bridgehead atoms. The van der Waals surface area contributed by atoms with E-state index in [1.165, 1.54) is 17.5 Å². The van der Waals surface area contributed by atoms with Crippen LogP contribution in [0.4, 0.5) is 0 Å². The van der Waals surface area contributed by atoms with Gasteiger partial charge in [0.1, 0.15) is 0 Å². The summed E-state index contributed by atoms with van der Waals surface area (Å²) < 4.78 is 0. The van der Waals surface area contributed by atoms with Crippen LogP contribution in [-0.2, 0) is 0 Å². The van der Waals surface area contributed by atoms with Crippen molar-refractivity contribution in [1.29, 1.82) is 0 Å². The van der Waals surface area contributed by atoms with Gasteiger partial charge in [-0.05, 0) is 54.1 Å². The zero-order chi connectivity index (χ0) is 14.4. The van der Waals surface area contributed by atoms with Gasteiger partial charge in [-0.3, -0.25) is 4.79 Å². The van der Waals surface area contributed by atoms with E-state index in [9.17, 15) is 4.79 Å². The first-order valence-electron chi connectivity index (χ1n) is 8.15. The number of rotatable bonds is 4. The summed E-state index contributed by atoms with van der Waals surface area (Å²) in [5.41, 5.74) is 3.59. The van der Waals surface area contributed by atoms with Crippen LogP contribution in [-0.4, -0.2) is 5.78 Å². The van der Waals surface area contributed by atoms with Crippen molar-refractivity contribution in [3.8, 4) is 0 Å². The van der Waals surface area contributed by atoms with Gasteiger partial charge in [-0.1, -0.05) is 45.9 Å². The largest absolute Gasteiger partial charge is 0.294 e. The normalized spacial score (nSPS) is 28.0. The molecule has 0 aromatic heterocycles. The lowest BCUT2D eigenvalue weighted by Crippen LogP contribution is -2.16. The van der Waals surface area contributed by atoms with Gasteiger partial charge in [0.2, 0.25) is 0 Å². The minimum Gasteiger partial charge on any atom is -0.294 e. The summed E-state index contributed by atoms with van der Waals surface area (Å²) in [4.78, 5) is 12.8. The SMILES string of the molecule is CC(C)c1ccc(C(=O)C2CC3CC3C2)c(C(C)C)c1. The minimum absolute atomic E-state index is 0.307. The van der Waals surface area contributed by atoms with Crippen LogP contribution in [0.25, 0.3) is 0 Å². The molecule has 108 valence electrons. The van der Waals surface area contributed by atoms with Crippen molar-refractivity contribution in [2.24, 2.45) is 17.8 Å². The van der Waals surface area contributed by atoms with E-state index in [0.29, 0.717) is 23.5 Å². The lowest BCUT2D eigenvalue weighted by molar-refractivity contribution is 0.0913. The Balaban J connectivity index is 1.89. The van der Waals surface area contributed by atoms with Gasteiger partial charge in [0.05, 0.1) is 0 Å². The Morgan fingerprint density at radius 2 is 1.65 bits per heavy atom. The Kier molecular flexibility index (Phi) is 3.48. The Labute approximate surface area is 122 Å². The van der Waals surface area contributed by atoms with Crippen molar-refractivity contribution in [3.63, 3.8) is 0 Å². The monoisotopic (exact) mass is 270 g/mol. The van der Waals surface area contributed by atoms with Crippen LogP contribution in [0.5, 0.6) is 0 Å². The van der Waals surface area contributed by atoms with Crippen LogP contribution >= 0.6 is 0 Å². The van der Waals surface area contributed by atoms with Crippen LogP contribution < -0.4 is 0 Å². The molecule has 2 saturated carbocycles. The third-order valence-corrected chi connectivity index (χ3v) is 5.24. The summed E-state index contributed by atoms with van der Waals surface area (Å²) in [6.07, 6.45) is 3.67. The van der Waals surface area contributed by atoms with Gasteiger partial charge in [0, 0.05) is 11.5 Å². The number of hydrogen-bond donors (Lipinski definition) is 0. The molecule has 2 aliphatic carbocycles. The number of hydrogen-bond acceptors (Lipinski definition) is 1. The average Bonchev–Trinajstić information content (AvgIpc) is 3.03. The van der Waals surface area contributed by atoms with Gasteiger partial charge < -0.3 is 0 Å². The quantitative estimate of drug-likeness (QED) is 0.690. The van der Waals surface area contributed by atoms with Crippen molar-refractivity contribution in [2.75, 3.05) is 0 Å². The van der Waals surface area contributed by atoms with Crippen molar-refractivity contribution in [2.45, 2.75) is 58.8 Å². The molecule has 0 aliphatic heterocycles. The van der Waals surface area contributed by atoms with Gasteiger partial charge in [-0.2, -0.15) is 0 Å². The van der Waals surface area contributed by atoms with E-state index in [4.69, 9.17) is 0 Å². The van der Waals surface area contributed by atoms with Gasteiger partial charge in [0.25, 0.3) is 0 Å². The third-order valence-electron chi connectivity index (χ3n) is 5.24. The molecule has 0 N–H and O–H groups in total. The lowest BCUT2D eigenvalue weighted by Gasteiger charge is -2.18. The number of fused-ring (bicyclic) bond motifs is 1. The second-order valence-corrected chi connectivity index (χ2v) is 7.44. The van der Waals surface area contributed by atoms with Crippen LogP contribution in [0.1, 0.15) is 80.3 Å². The highest BCUT2D eigenvalue weighted by Crippen LogP contribution is 2.55. The number of Topliss-reactive ketones (excluding diaryl/α,β-unsaturated/α-hetero) is 1. The molecule has 2 unspecified atom stereocenters. The van der Waals surface area contributed by atoms with Crippen molar-refractivity contribution in [1.82, 2.24) is 0 Å². The molecular formula is C19H26O. The van der Waals surface area contributed by atoms with Crippen LogP contribution in [0.2, 0.25) is 0 Å².